The molecular weight excluding hydrogens is 1160 g/mol. The van der Waals surface area contributed by atoms with Gasteiger partial charge < -0.3 is 92.9 Å². The summed E-state index contributed by atoms with van der Waals surface area (Å²) in [5.41, 5.74) is 4.31. The number of fused-ring (bicyclic) bond motifs is 14. The Hall–Kier alpha value is -10.5. The Bertz CT molecular complexity index is 4040. The lowest BCUT2D eigenvalue weighted by Gasteiger charge is -2.31. The average Bonchev–Trinajstić information content (AvgIpc) is 2.35. The van der Waals surface area contributed by atoms with E-state index in [1.807, 2.05) is 0 Å². The summed E-state index contributed by atoms with van der Waals surface area (Å²) in [5, 5.41) is 97.6. The molecule has 440 valence electrons. The van der Waals surface area contributed by atoms with Gasteiger partial charge in [-0.15, -0.1) is 0 Å². The summed E-state index contributed by atoms with van der Waals surface area (Å²) in [7, 11) is 1.47. The molecule has 6 aliphatic rings. The van der Waals surface area contributed by atoms with Crippen LogP contribution in [-0.2, 0) is 40.0 Å². The van der Waals surface area contributed by atoms with E-state index in [9.17, 15) is 54.9 Å². The van der Waals surface area contributed by atoms with Gasteiger partial charge in [0.25, 0.3) is 0 Å². The third-order valence-electron chi connectivity index (χ3n) is 14.8. The number of halogens is 2. The Morgan fingerprint density at radius 3 is 1.87 bits per heavy atom. The van der Waals surface area contributed by atoms with E-state index in [1.165, 1.54) is 49.5 Å². The third-order valence-corrected chi connectivity index (χ3v) is 15.5. The molecule has 25 nitrogen and oxygen atoms in total. The SMILES string of the molecule is CNC1C(=O)NC2Cc3ccc(cc3)Oc3cc4cc(c3O)Oc3ccc(cc3Cl)C(O)C3NC(=O)C(NC(=O)C4NC(=O)C(NC2=O)c2cc(cc(O)c2Cl)Oc2cc1ccc2O)c1ccc(O)c(c1)-c1c(O)cc(O)cc1C(C(N)=O)NC3=O. The van der Waals surface area contributed by atoms with Crippen LogP contribution in [0.1, 0.15) is 75.3 Å². The number of nitrogens with one attached hydrogen (secondary N) is 7. The van der Waals surface area contributed by atoms with Crippen LogP contribution >= 0.6 is 23.2 Å². The minimum Gasteiger partial charge on any atom is -0.508 e. The zero-order valence-corrected chi connectivity index (χ0v) is 45.9. The molecule has 6 aliphatic heterocycles. The second-order valence-corrected chi connectivity index (χ2v) is 21.2. The molecule has 7 aromatic carbocycles. The fraction of sp³-hybridized carbons (Fsp3) is 0.169. The summed E-state index contributed by atoms with van der Waals surface area (Å²) < 4.78 is 18.5. The fourth-order valence-electron chi connectivity index (χ4n) is 10.5. The largest absolute Gasteiger partial charge is 0.508 e. The van der Waals surface area contributed by atoms with Gasteiger partial charge in [0, 0.05) is 35.2 Å². The number of ether oxygens (including phenoxy) is 3. The van der Waals surface area contributed by atoms with Gasteiger partial charge in [0.2, 0.25) is 47.1 Å². The molecule has 0 saturated heterocycles. The molecule has 7 amide bonds. The van der Waals surface area contributed by atoms with E-state index in [1.54, 1.807) is 12.1 Å². The Morgan fingerprint density at radius 2 is 1.16 bits per heavy atom. The van der Waals surface area contributed by atoms with Crippen LogP contribution < -0.4 is 57.2 Å². The number of primary amides is 1. The van der Waals surface area contributed by atoms with Crippen molar-refractivity contribution in [3.8, 4) is 80.1 Å². The second-order valence-electron chi connectivity index (χ2n) is 20.4. The van der Waals surface area contributed by atoms with Crippen LogP contribution in [0.3, 0.4) is 0 Å². The molecule has 0 aliphatic carbocycles. The molecule has 13 rings (SSSR count). The quantitative estimate of drug-likeness (QED) is 0.112. The number of carbonyl (C=O) groups is 7. The van der Waals surface area contributed by atoms with E-state index in [4.69, 9.17) is 43.1 Å². The maximum atomic E-state index is 15.7. The van der Waals surface area contributed by atoms with Gasteiger partial charge in [0.1, 0.15) is 88.6 Å². The first-order valence-corrected chi connectivity index (χ1v) is 26.8. The standard InChI is InChI=1S/C59H48Cl2N8O17/c1-63-45-24-5-10-36(72)40(15-24)85-29-20-32(44(61)38(74)21-29)49-58(82)66-47-26-16-41(84-28-7-2-22(3-8-28)12-34(54(78)68-49)64-55(45)79)52(76)42(17-26)86-39-11-6-25(14-33(39)60)51(75)50-59(83)67-48(53(62)77)31-18-27(70)19-37(73)43(31)30-13-23(4-9-35(30)71)46(56(80)69-50)65-57(47)81/h2-11,13-21,34,45-51,63,70-76H,12H2,1H3,(H2,62,77)(H,64,79)(H,65,81)(H,66,82)(H,67,83)(H,68,78)(H,69,80). The first-order valence-electron chi connectivity index (χ1n) is 26.0. The summed E-state index contributed by atoms with van der Waals surface area (Å²) in [6.45, 7) is 0. The number of hydrogen-bond donors (Lipinski definition) is 15. The minimum absolute atomic E-state index is 0.0499. The lowest BCUT2D eigenvalue weighted by atomic mass is 9.89. The molecule has 0 radical (unpaired) electrons. The second kappa shape index (κ2) is 22.6. The number of benzene rings is 7. The molecule has 7 aromatic rings. The van der Waals surface area contributed by atoms with Gasteiger partial charge in [-0.05, 0) is 113 Å². The van der Waals surface area contributed by atoms with E-state index in [0.717, 1.165) is 60.7 Å². The van der Waals surface area contributed by atoms with Gasteiger partial charge in [0.05, 0.1) is 10.0 Å². The zero-order valence-electron chi connectivity index (χ0n) is 44.3. The van der Waals surface area contributed by atoms with Crippen molar-refractivity contribution in [3.63, 3.8) is 0 Å². The normalized spacial score (nSPS) is 21.9. The van der Waals surface area contributed by atoms with Crippen molar-refractivity contribution in [2.75, 3.05) is 7.05 Å². The number of rotatable bonds is 2. The molecule has 17 bridgehead atoms. The highest BCUT2D eigenvalue weighted by Crippen LogP contribution is 2.48. The average molecular weight is 1210 g/mol. The Balaban J connectivity index is 1.14. The van der Waals surface area contributed by atoms with E-state index >= 15 is 14.4 Å². The Kier molecular flexibility index (Phi) is 15.1. The summed E-state index contributed by atoms with van der Waals surface area (Å²) in [5.74, 6) is -13.7. The van der Waals surface area contributed by atoms with Gasteiger partial charge in [-0.25, -0.2) is 0 Å². The maximum Gasteiger partial charge on any atom is 0.248 e. The Morgan fingerprint density at radius 1 is 0.535 bits per heavy atom. The van der Waals surface area contributed by atoms with E-state index in [-0.39, 0.29) is 73.4 Å². The lowest BCUT2D eigenvalue weighted by molar-refractivity contribution is -0.137. The number of likely N-dealkylation sites (N-methyl/N-ethyl adjacent to an activating group) is 1. The third kappa shape index (κ3) is 10.9. The number of phenolic OH excluding ortho intramolecular Hbond substituents is 6. The predicted octanol–water partition coefficient (Wildman–Crippen LogP) is 4.65. The zero-order chi connectivity index (χ0) is 61.2. The highest BCUT2D eigenvalue weighted by Gasteiger charge is 2.41. The summed E-state index contributed by atoms with van der Waals surface area (Å²) in [6, 6.07) is 10.0. The monoisotopic (exact) mass is 1210 g/mol. The summed E-state index contributed by atoms with van der Waals surface area (Å²) in [4.78, 5) is 104. The first kappa shape index (κ1) is 57.4. The van der Waals surface area contributed by atoms with Crippen LogP contribution in [0.25, 0.3) is 11.1 Å². The summed E-state index contributed by atoms with van der Waals surface area (Å²) >= 11 is 13.7. The van der Waals surface area contributed by atoms with Crippen LogP contribution in [0, 0.1) is 0 Å². The van der Waals surface area contributed by atoms with Gasteiger partial charge in [-0.2, -0.15) is 0 Å². The van der Waals surface area contributed by atoms with Crippen molar-refractivity contribution >= 4 is 64.6 Å². The van der Waals surface area contributed by atoms with Crippen molar-refractivity contribution in [1.29, 1.82) is 0 Å². The van der Waals surface area contributed by atoms with Crippen molar-refractivity contribution in [1.82, 2.24) is 37.2 Å². The van der Waals surface area contributed by atoms with Crippen LogP contribution in [0.4, 0.5) is 0 Å². The highest BCUT2D eigenvalue weighted by atomic mass is 35.5. The lowest BCUT2D eigenvalue weighted by Crippen LogP contribution is -2.55. The molecule has 0 saturated carbocycles. The van der Waals surface area contributed by atoms with Crippen molar-refractivity contribution in [2.24, 2.45) is 5.73 Å². The smallest absolute Gasteiger partial charge is 0.248 e. The molecule has 0 aromatic heterocycles. The number of carbonyl (C=O) groups excluding carboxylic acids is 7. The number of hydrogen-bond acceptors (Lipinski definition) is 18. The Labute approximate surface area is 495 Å². The molecule has 86 heavy (non-hydrogen) atoms. The van der Waals surface area contributed by atoms with Crippen molar-refractivity contribution in [2.45, 2.75) is 54.8 Å². The molecule has 27 heteroatoms. The molecular formula is C59H48Cl2N8O17. The minimum atomic E-state index is -2.16. The number of aliphatic hydroxyl groups excluding tert-OH is 1. The summed E-state index contributed by atoms with van der Waals surface area (Å²) in [6.07, 6.45) is -2.34. The van der Waals surface area contributed by atoms with Gasteiger partial charge >= 0.3 is 0 Å². The van der Waals surface area contributed by atoms with Gasteiger partial charge in [-0.3, -0.25) is 33.6 Å². The topological polar surface area (TPSA) is 399 Å². The molecule has 8 unspecified atom stereocenters. The van der Waals surface area contributed by atoms with Crippen molar-refractivity contribution < 1.29 is 83.5 Å². The first-order chi connectivity index (χ1) is 41.0. The van der Waals surface area contributed by atoms with Crippen LogP contribution in [0.2, 0.25) is 10.0 Å². The van der Waals surface area contributed by atoms with Crippen molar-refractivity contribution in [3.05, 3.63) is 164 Å². The number of aromatic hydroxyl groups is 6. The van der Waals surface area contributed by atoms with Gasteiger partial charge in [-0.1, -0.05) is 53.5 Å². The molecule has 0 spiro atoms. The maximum absolute atomic E-state index is 15.7. The van der Waals surface area contributed by atoms with E-state index in [0.29, 0.717) is 5.56 Å². The van der Waals surface area contributed by atoms with E-state index < -0.39 is 146 Å². The van der Waals surface area contributed by atoms with E-state index in [2.05, 4.69) is 37.2 Å². The van der Waals surface area contributed by atoms with Crippen LogP contribution in [0.15, 0.2) is 115 Å². The molecule has 16 N–H and O–H groups in total. The van der Waals surface area contributed by atoms with Crippen LogP contribution in [-0.4, -0.2) is 96.2 Å². The highest BCUT2D eigenvalue weighted by molar-refractivity contribution is 6.33. The van der Waals surface area contributed by atoms with Crippen LogP contribution in [0.5, 0.6) is 69.0 Å². The number of nitrogens with two attached hydrogens (primary N) is 1. The van der Waals surface area contributed by atoms with Gasteiger partial charge in [0.15, 0.2) is 23.0 Å². The number of phenols is 6. The molecule has 0 fully saturated rings. The number of amides is 7. The predicted molar refractivity (Wildman–Crippen MR) is 301 cm³/mol. The fourth-order valence-corrected chi connectivity index (χ4v) is 11.0. The molecule has 6 heterocycles. The number of aliphatic hydroxyl groups is 1. The molecule has 8 atom stereocenters.